The first-order valence-electron chi connectivity index (χ1n) is 8.60. The second-order valence-corrected chi connectivity index (χ2v) is 6.44. The molecule has 0 unspecified atom stereocenters. The van der Waals surface area contributed by atoms with Crippen LogP contribution in [0.3, 0.4) is 0 Å². The number of nitrogens with zero attached hydrogens (tertiary/aromatic N) is 1. The van der Waals surface area contributed by atoms with Gasteiger partial charge in [0.25, 0.3) is 0 Å². The Kier molecular flexibility index (Phi) is 5.32. The Morgan fingerprint density at radius 2 is 1.62 bits per heavy atom. The van der Waals surface area contributed by atoms with E-state index in [1.807, 2.05) is 60.7 Å². The van der Waals surface area contributed by atoms with Crippen molar-refractivity contribution in [3.8, 4) is 0 Å². The lowest BCUT2D eigenvalue weighted by Gasteiger charge is -2.18. The molecule has 0 atom stereocenters. The maximum Gasteiger partial charge on any atom is 0.228 e. The number of carbonyl (C=O) groups excluding carboxylic acids is 2. The first-order valence-corrected chi connectivity index (χ1v) is 8.60. The SMILES string of the molecule is CC(=O)N(C)Cc1ccccc1NC(=O)Cc1ccc2ccccc2c1. The van der Waals surface area contributed by atoms with Gasteiger partial charge in [0.1, 0.15) is 0 Å². The van der Waals surface area contributed by atoms with Crippen molar-refractivity contribution in [3.05, 3.63) is 77.9 Å². The molecule has 0 saturated carbocycles. The minimum atomic E-state index is -0.0711. The summed E-state index contributed by atoms with van der Waals surface area (Å²) in [5, 5.41) is 5.26. The molecule has 0 aliphatic carbocycles. The lowest BCUT2D eigenvalue weighted by molar-refractivity contribution is -0.128. The smallest absolute Gasteiger partial charge is 0.228 e. The summed E-state index contributed by atoms with van der Waals surface area (Å²) < 4.78 is 0. The molecule has 3 aromatic carbocycles. The van der Waals surface area contributed by atoms with Gasteiger partial charge in [-0.05, 0) is 28.0 Å². The molecule has 0 heterocycles. The van der Waals surface area contributed by atoms with E-state index in [9.17, 15) is 9.59 Å². The number of anilines is 1. The Balaban J connectivity index is 1.72. The van der Waals surface area contributed by atoms with Gasteiger partial charge in [-0.15, -0.1) is 0 Å². The molecule has 26 heavy (non-hydrogen) atoms. The van der Waals surface area contributed by atoms with E-state index in [1.165, 1.54) is 6.92 Å². The summed E-state index contributed by atoms with van der Waals surface area (Å²) in [7, 11) is 1.75. The van der Waals surface area contributed by atoms with Crippen LogP contribution in [0.1, 0.15) is 18.1 Å². The van der Waals surface area contributed by atoms with Crippen molar-refractivity contribution in [3.63, 3.8) is 0 Å². The molecule has 0 aliphatic rings. The maximum absolute atomic E-state index is 12.5. The fourth-order valence-corrected chi connectivity index (χ4v) is 2.88. The fourth-order valence-electron chi connectivity index (χ4n) is 2.88. The van der Waals surface area contributed by atoms with Gasteiger partial charge in [-0.25, -0.2) is 0 Å². The van der Waals surface area contributed by atoms with Gasteiger partial charge in [0.05, 0.1) is 6.42 Å². The van der Waals surface area contributed by atoms with Crippen LogP contribution in [0.25, 0.3) is 10.8 Å². The number of para-hydroxylation sites is 1. The van der Waals surface area contributed by atoms with E-state index in [2.05, 4.69) is 11.4 Å². The average Bonchev–Trinajstić information content (AvgIpc) is 2.63. The third kappa shape index (κ3) is 4.28. The lowest BCUT2D eigenvalue weighted by atomic mass is 10.0. The van der Waals surface area contributed by atoms with E-state index < -0.39 is 0 Å². The van der Waals surface area contributed by atoms with Crippen LogP contribution in [0.4, 0.5) is 5.69 Å². The highest BCUT2D eigenvalue weighted by Crippen LogP contribution is 2.19. The summed E-state index contributed by atoms with van der Waals surface area (Å²) in [5.41, 5.74) is 2.63. The average molecular weight is 346 g/mol. The summed E-state index contributed by atoms with van der Waals surface area (Å²) in [6.45, 7) is 1.99. The number of hydrogen-bond donors (Lipinski definition) is 1. The Morgan fingerprint density at radius 3 is 2.38 bits per heavy atom. The lowest BCUT2D eigenvalue weighted by Crippen LogP contribution is -2.24. The predicted molar refractivity (Wildman–Crippen MR) is 105 cm³/mol. The number of benzene rings is 3. The van der Waals surface area contributed by atoms with Crippen molar-refractivity contribution in [1.29, 1.82) is 0 Å². The van der Waals surface area contributed by atoms with Crippen LogP contribution in [0.5, 0.6) is 0 Å². The molecule has 0 bridgehead atoms. The van der Waals surface area contributed by atoms with E-state index >= 15 is 0 Å². The summed E-state index contributed by atoms with van der Waals surface area (Å²) in [6, 6.07) is 21.7. The van der Waals surface area contributed by atoms with Crippen LogP contribution in [0.15, 0.2) is 66.7 Å². The molecule has 2 amide bonds. The molecule has 0 aromatic heterocycles. The molecule has 0 aliphatic heterocycles. The number of nitrogens with one attached hydrogen (secondary N) is 1. The van der Waals surface area contributed by atoms with Crippen molar-refractivity contribution in [1.82, 2.24) is 4.90 Å². The maximum atomic E-state index is 12.5. The molecule has 3 rings (SSSR count). The molecule has 0 saturated heterocycles. The van der Waals surface area contributed by atoms with Crippen LogP contribution in [-0.4, -0.2) is 23.8 Å². The van der Waals surface area contributed by atoms with E-state index in [1.54, 1.807) is 11.9 Å². The van der Waals surface area contributed by atoms with Crippen molar-refractivity contribution < 1.29 is 9.59 Å². The Hall–Kier alpha value is -3.14. The highest BCUT2D eigenvalue weighted by molar-refractivity contribution is 5.94. The first kappa shape index (κ1) is 17.7. The zero-order valence-corrected chi connectivity index (χ0v) is 15.0. The van der Waals surface area contributed by atoms with Gasteiger partial charge < -0.3 is 10.2 Å². The first-order chi connectivity index (χ1) is 12.5. The molecule has 4 heteroatoms. The Labute approximate surface area is 153 Å². The molecule has 0 fully saturated rings. The zero-order chi connectivity index (χ0) is 18.5. The van der Waals surface area contributed by atoms with Gasteiger partial charge >= 0.3 is 0 Å². The number of fused-ring (bicyclic) bond motifs is 1. The van der Waals surface area contributed by atoms with Crippen LogP contribution in [-0.2, 0) is 22.6 Å². The van der Waals surface area contributed by atoms with E-state index in [0.29, 0.717) is 13.0 Å². The van der Waals surface area contributed by atoms with Gasteiger partial charge in [0.2, 0.25) is 11.8 Å². The predicted octanol–water partition coefficient (Wildman–Crippen LogP) is 4.00. The van der Waals surface area contributed by atoms with Crippen molar-refractivity contribution in [2.24, 2.45) is 0 Å². The number of hydrogen-bond acceptors (Lipinski definition) is 2. The van der Waals surface area contributed by atoms with Gasteiger partial charge in [-0.2, -0.15) is 0 Å². The summed E-state index contributed by atoms with van der Waals surface area (Å²) in [6.07, 6.45) is 0.307. The molecule has 1 N–H and O–H groups in total. The molecule has 132 valence electrons. The molecule has 0 spiro atoms. The third-order valence-corrected chi connectivity index (χ3v) is 4.42. The van der Waals surface area contributed by atoms with Gasteiger partial charge in [0.15, 0.2) is 0 Å². The fraction of sp³-hybridized carbons (Fsp3) is 0.182. The normalized spacial score (nSPS) is 10.5. The van der Waals surface area contributed by atoms with Crippen LogP contribution in [0, 0.1) is 0 Å². The van der Waals surface area contributed by atoms with Crippen LogP contribution >= 0.6 is 0 Å². The minimum Gasteiger partial charge on any atom is -0.342 e. The van der Waals surface area contributed by atoms with Crippen molar-refractivity contribution in [2.45, 2.75) is 19.9 Å². The number of amides is 2. The Morgan fingerprint density at radius 1 is 0.923 bits per heavy atom. The topological polar surface area (TPSA) is 49.4 Å². The summed E-state index contributed by atoms with van der Waals surface area (Å²) in [5.74, 6) is -0.0829. The van der Waals surface area contributed by atoms with Crippen molar-refractivity contribution in [2.75, 3.05) is 12.4 Å². The summed E-state index contributed by atoms with van der Waals surface area (Å²) >= 11 is 0. The molecule has 0 radical (unpaired) electrons. The molecule has 4 nitrogen and oxygen atoms in total. The van der Waals surface area contributed by atoms with Gasteiger partial charge in [-0.1, -0.05) is 60.7 Å². The zero-order valence-electron chi connectivity index (χ0n) is 15.0. The second kappa shape index (κ2) is 7.83. The quantitative estimate of drug-likeness (QED) is 0.759. The Bertz CT molecular complexity index is 950. The number of rotatable bonds is 5. The highest BCUT2D eigenvalue weighted by Gasteiger charge is 2.11. The summed E-state index contributed by atoms with van der Waals surface area (Å²) in [4.78, 5) is 25.6. The minimum absolute atomic E-state index is 0.0118. The highest BCUT2D eigenvalue weighted by atomic mass is 16.2. The van der Waals surface area contributed by atoms with Crippen LogP contribution in [0.2, 0.25) is 0 Å². The number of carbonyl (C=O) groups is 2. The van der Waals surface area contributed by atoms with E-state index in [0.717, 1.165) is 27.6 Å². The standard InChI is InChI=1S/C22H22N2O2/c1-16(25)24(2)15-20-9-5-6-10-21(20)23-22(26)14-17-11-12-18-7-3-4-8-19(18)13-17/h3-13H,14-15H2,1-2H3,(H,23,26). The third-order valence-electron chi connectivity index (χ3n) is 4.42. The van der Waals surface area contributed by atoms with Crippen LogP contribution < -0.4 is 5.32 Å². The second-order valence-electron chi connectivity index (χ2n) is 6.44. The molecular formula is C22H22N2O2. The van der Waals surface area contributed by atoms with Crippen molar-refractivity contribution >= 4 is 28.3 Å². The monoisotopic (exact) mass is 346 g/mol. The largest absolute Gasteiger partial charge is 0.342 e. The van der Waals surface area contributed by atoms with Gasteiger partial charge in [-0.3, -0.25) is 9.59 Å². The van der Waals surface area contributed by atoms with E-state index in [4.69, 9.17) is 0 Å². The van der Waals surface area contributed by atoms with Gasteiger partial charge in [0, 0.05) is 26.2 Å². The van der Waals surface area contributed by atoms with E-state index in [-0.39, 0.29) is 11.8 Å². The molecular weight excluding hydrogens is 324 g/mol. The molecule has 3 aromatic rings.